The second-order valence-electron chi connectivity index (χ2n) is 10.8. The maximum absolute atomic E-state index is 13.6. The maximum atomic E-state index is 13.6. The molecule has 4 rings (SSSR count). The van der Waals surface area contributed by atoms with Gasteiger partial charge in [0.2, 0.25) is 17.7 Å². The Labute approximate surface area is 245 Å². The average Bonchev–Trinajstić information content (AvgIpc) is 3.29. The van der Waals surface area contributed by atoms with Crippen LogP contribution in [0.15, 0.2) is 84.9 Å². The van der Waals surface area contributed by atoms with Gasteiger partial charge in [0, 0.05) is 13.0 Å². The molecule has 0 radical (unpaired) electrons. The summed E-state index contributed by atoms with van der Waals surface area (Å²) in [5.41, 5.74) is 14.7. The predicted octanol–water partition coefficient (Wildman–Crippen LogP) is 0.253. The summed E-state index contributed by atoms with van der Waals surface area (Å²) in [6.07, 6.45) is -1.10. The lowest BCUT2D eigenvalue weighted by Crippen LogP contribution is -2.56. The average molecular weight is 574 g/mol. The molecule has 10 nitrogen and oxygen atoms in total. The van der Waals surface area contributed by atoms with E-state index in [4.69, 9.17) is 11.5 Å². The number of aliphatic hydroxyl groups is 2. The summed E-state index contributed by atoms with van der Waals surface area (Å²) in [5.74, 6) is -1.63. The lowest BCUT2D eigenvalue weighted by atomic mass is 9.99. The number of primary amides is 1. The van der Waals surface area contributed by atoms with Crippen LogP contribution in [-0.2, 0) is 33.6 Å². The van der Waals surface area contributed by atoms with Crippen LogP contribution in [0.25, 0.3) is 0 Å². The first-order chi connectivity index (χ1) is 20.2. The van der Waals surface area contributed by atoms with E-state index >= 15 is 0 Å². The molecule has 0 saturated heterocycles. The Morgan fingerprint density at radius 2 is 1.45 bits per heavy atom. The van der Waals surface area contributed by atoms with Crippen LogP contribution in [0.5, 0.6) is 0 Å². The van der Waals surface area contributed by atoms with Crippen LogP contribution in [-0.4, -0.2) is 64.8 Å². The number of hydrogen-bond acceptors (Lipinski definition) is 7. The van der Waals surface area contributed by atoms with Gasteiger partial charge in [-0.15, -0.1) is 0 Å². The van der Waals surface area contributed by atoms with Gasteiger partial charge in [0.25, 0.3) is 0 Å². The zero-order chi connectivity index (χ0) is 30.1. The molecule has 0 heterocycles. The molecule has 0 aromatic heterocycles. The first-order valence-electron chi connectivity index (χ1n) is 14.1. The van der Waals surface area contributed by atoms with Crippen LogP contribution in [0.1, 0.15) is 34.7 Å². The Morgan fingerprint density at radius 1 is 0.857 bits per heavy atom. The number of hydrogen-bond donors (Lipinski definition) is 7. The number of carbonyl (C=O) groups is 3. The van der Waals surface area contributed by atoms with Gasteiger partial charge in [-0.25, -0.2) is 0 Å². The Kier molecular flexibility index (Phi) is 10.8. The SMILES string of the molecule is NC(=O)C[C@H](N)C(=O)N[C@@H](Cc1ccccc1)[C@H](O)CN[C@@H](Cc1ccccc1)C(=O)N[C@H]1c2ccccc2C[C@H]1O. The Balaban J connectivity index is 1.48. The predicted molar refractivity (Wildman–Crippen MR) is 159 cm³/mol. The van der Waals surface area contributed by atoms with Crippen LogP contribution in [0.3, 0.4) is 0 Å². The molecule has 6 atom stereocenters. The summed E-state index contributed by atoms with van der Waals surface area (Å²) in [7, 11) is 0. The molecule has 10 heteroatoms. The third kappa shape index (κ3) is 8.46. The minimum atomic E-state index is -1.15. The van der Waals surface area contributed by atoms with Crippen LogP contribution in [0.4, 0.5) is 0 Å². The number of nitrogens with two attached hydrogens (primary N) is 2. The third-order valence-electron chi connectivity index (χ3n) is 7.52. The summed E-state index contributed by atoms with van der Waals surface area (Å²) < 4.78 is 0. The maximum Gasteiger partial charge on any atom is 0.238 e. The summed E-state index contributed by atoms with van der Waals surface area (Å²) in [5, 5.41) is 30.9. The lowest BCUT2D eigenvalue weighted by molar-refractivity contribution is -0.127. The van der Waals surface area contributed by atoms with E-state index in [0.717, 1.165) is 22.3 Å². The minimum absolute atomic E-state index is 0.0302. The molecule has 222 valence electrons. The number of rotatable bonds is 14. The van der Waals surface area contributed by atoms with E-state index in [1.54, 1.807) is 0 Å². The van der Waals surface area contributed by atoms with E-state index in [-0.39, 0.29) is 18.9 Å². The van der Waals surface area contributed by atoms with Crippen molar-refractivity contribution < 1.29 is 24.6 Å². The highest BCUT2D eigenvalue weighted by Crippen LogP contribution is 2.31. The molecule has 0 spiro atoms. The van der Waals surface area contributed by atoms with Gasteiger partial charge in [0.05, 0.1) is 42.8 Å². The van der Waals surface area contributed by atoms with E-state index in [9.17, 15) is 24.6 Å². The summed E-state index contributed by atoms with van der Waals surface area (Å²) in [6.45, 7) is -0.0302. The normalized spacial score (nSPS) is 18.7. The van der Waals surface area contributed by atoms with Crippen molar-refractivity contribution in [3.63, 3.8) is 0 Å². The number of amides is 3. The molecule has 3 aromatic rings. The zero-order valence-electron chi connectivity index (χ0n) is 23.4. The standard InChI is InChI=1S/C32H39N5O5/c33-24(18-29(34)40)31(41)36-25(15-20-9-3-1-4-10-20)28(39)19-35-26(16-21-11-5-2-6-12-21)32(42)37-30-23-14-8-7-13-22(23)17-27(30)38/h1-14,24-28,30,35,38-39H,15-19,33H2,(H2,34,40)(H,36,41)(H,37,42)/t24-,25-,26-,27+,28+,30-/m0/s1. The van der Waals surface area contributed by atoms with Crippen molar-refractivity contribution >= 4 is 17.7 Å². The molecule has 0 unspecified atom stereocenters. The quantitative estimate of drug-likeness (QED) is 0.144. The van der Waals surface area contributed by atoms with Gasteiger partial charge in [-0.2, -0.15) is 0 Å². The first-order valence-corrected chi connectivity index (χ1v) is 14.1. The van der Waals surface area contributed by atoms with E-state index in [1.807, 2.05) is 84.9 Å². The molecular weight excluding hydrogens is 534 g/mol. The van der Waals surface area contributed by atoms with Gasteiger partial charge in [-0.1, -0.05) is 84.9 Å². The molecule has 9 N–H and O–H groups in total. The molecular formula is C32H39N5O5. The highest BCUT2D eigenvalue weighted by Gasteiger charge is 2.34. The largest absolute Gasteiger partial charge is 0.390 e. The van der Waals surface area contributed by atoms with Gasteiger partial charge in [-0.05, 0) is 35.1 Å². The fourth-order valence-corrected chi connectivity index (χ4v) is 5.26. The van der Waals surface area contributed by atoms with Gasteiger partial charge in [0.1, 0.15) is 0 Å². The molecule has 1 aliphatic carbocycles. The van der Waals surface area contributed by atoms with E-state index in [0.29, 0.717) is 19.3 Å². The second kappa shape index (κ2) is 14.7. The third-order valence-corrected chi connectivity index (χ3v) is 7.52. The Bertz CT molecular complexity index is 1340. The summed E-state index contributed by atoms with van der Waals surface area (Å²) in [6, 6.07) is 23.2. The van der Waals surface area contributed by atoms with Crippen molar-refractivity contribution in [3.8, 4) is 0 Å². The highest BCUT2D eigenvalue weighted by atomic mass is 16.3. The number of benzene rings is 3. The Morgan fingerprint density at radius 3 is 2.10 bits per heavy atom. The molecule has 0 fully saturated rings. The first kappa shape index (κ1) is 30.9. The van der Waals surface area contributed by atoms with Gasteiger partial charge in [0.15, 0.2) is 0 Å². The summed E-state index contributed by atoms with van der Waals surface area (Å²) >= 11 is 0. The molecule has 0 aliphatic heterocycles. The fourth-order valence-electron chi connectivity index (χ4n) is 5.26. The highest BCUT2D eigenvalue weighted by molar-refractivity contribution is 5.87. The zero-order valence-corrected chi connectivity index (χ0v) is 23.4. The smallest absolute Gasteiger partial charge is 0.238 e. The number of nitrogens with one attached hydrogen (secondary N) is 3. The molecule has 1 aliphatic rings. The molecule has 42 heavy (non-hydrogen) atoms. The van der Waals surface area contributed by atoms with Crippen LogP contribution >= 0.6 is 0 Å². The number of carbonyl (C=O) groups excluding carboxylic acids is 3. The van der Waals surface area contributed by atoms with Crippen LogP contribution < -0.4 is 27.4 Å². The van der Waals surface area contributed by atoms with Gasteiger partial charge in [-0.3, -0.25) is 14.4 Å². The van der Waals surface area contributed by atoms with Crippen molar-refractivity contribution in [2.75, 3.05) is 6.54 Å². The lowest BCUT2D eigenvalue weighted by Gasteiger charge is -2.28. The van der Waals surface area contributed by atoms with Crippen LogP contribution in [0.2, 0.25) is 0 Å². The number of aliphatic hydroxyl groups excluding tert-OH is 2. The second-order valence-corrected chi connectivity index (χ2v) is 10.8. The van der Waals surface area contributed by atoms with E-state index in [2.05, 4.69) is 16.0 Å². The van der Waals surface area contributed by atoms with Crippen molar-refractivity contribution in [2.45, 2.75) is 62.1 Å². The Hall–Kier alpha value is -4.09. The molecule has 0 bridgehead atoms. The van der Waals surface area contributed by atoms with Crippen molar-refractivity contribution in [3.05, 3.63) is 107 Å². The molecule has 3 aromatic carbocycles. The van der Waals surface area contributed by atoms with E-state index in [1.165, 1.54) is 0 Å². The summed E-state index contributed by atoms with van der Waals surface area (Å²) in [4.78, 5) is 37.6. The van der Waals surface area contributed by atoms with Crippen molar-refractivity contribution in [2.24, 2.45) is 11.5 Å². The van der Waals surface area contributed by atoms with E-state index < -0.39 is 48.2 Å². The number of fused-ring (bicyclic) bond motifs is 1. The topological polar surface area (TPSA) is 180 Å². The van der Waals surface area contributed by atoms with Crippen molar-refractivity contribution in [1.29, 1.82) is 0 Å². The molecule has 3 amide bonds. The molecule has 0 saturated carbocycles. The van der Waals surface area contributed by atoms with Crippen LogP contribution in [0, 0.1) is 0 Å². The van der Waals surface area contributed by atoms with Crippen molar-refractivity contribution in [1.82, 2.24) is 16.0 Å². The van der Waals surface area contributed by atoms with Gasteiger partial charge >= 0.3 is 0 Å². The fraction of sp³-hybridized carbons (Fsp3) is 0.344. The monoisotopic (exact) mass is 573 g/mol. The van der Waals surface area contributed by atoms with Gasteiger partial charge < -0.3 is 37.6 Å². The minimum Gasteiger partial charge on any atom is -0.390 e.